The van der Waals surface area contributed by atoms with Gasteiger partial charge in [-0.1, -0.05) is 13.3 Å². The maximum absolute atomic E-state index is 12.6. The molecule has 0 spiro atoms. The van der Waals surface area contributed by atoms with Crippen LogP contribution in [0, 0.1) is 0 Å². The van der Waals surface area contributed by atoms with Crippen LogP contribution in [0.1, 0.15) is 19.8 Å². The van der Waals surface area contributed by atoms with Gasteiger partial charge in [0.1, 0.15) is 0 Å². The molecule has 9 heteroatoms. The Balaban J connectivity index is 4.72. The van der Waals surface area contributed by atoms with E-state index in [1.165, 1.54) is 0 Å². The zero-order valence-corrected chi connectivity index (χ0v) is 8.63. The third-order valence-corrected chi connectivity index (χ3v) is 1.78. The molecule has 17 heavy (non-hydrogen) atoms. The Kier molecular flexibility index (Phi) is 5.17. The first-order valence-electron chi connectivity index (χ1n) is 4.57. The minimum absolute atomic E-state index is 0.0140. The second-order valence-corrected chi connectivity index (χ2v) is 3.25. The van der Waals surface area contributed by atoms with E-state index in [9.17, 15) is 35.1 Å². The van der Waals surface area contributed by atoms with Gasteiger partial charge in [-0.25, -0.2) is 4.39 Å². The van der Waals surface area contributed by atoms with Crippen molar-refractivity contribution in [3.63, 3.8) is 0 Å². The first kappa shape index (κ1) is 16.4. The van der Waals surface area contributed by atoms with Gasteiger partial charge in [-0.2, -0.15) is 30.7 Å². The number of hydrogen-bond acceptors (Lipinski definition) is 1. The largest absolute Gasteiger partial charge is 0.456 e. The summed E-state index contributed by atoms with van der Waals surface area (Å²) in [5.41, 5.74) is 0. The van der Waals surface area contributed by atoms with E-state index in [1.807, 2.05) is 0 Å². The fourth-order valence-electron chi connectivity index (χ4n) is 0.780. The summed E-state index contributed by atoms with van der Waals surface area (Å²) < 4.78 is 101. The van der Waals surface area contributed by atoms with Gasteiger partial charge in [0.05, 0.1) is 6.61 Å². The Morgan fingerprint density at radius 1 is 1.00 bits per heavy atom. The molecule has 0 radical (unpaired) electrons. The quantitative estimate of drug-likeness (QED) is 0.526. The van der Waals surface area contributed by atoms with E-state index in [0.29, 0.717) is 6.42 Å². The molecule has 104 valence electrons. The topological polar surface area (TPSA) is 9.23 Å². The van der Waals surface area contributed by atoms with Gasteiger partial charge >= 0.3 is 18.2 Å². The van der Waals surface area contributed by atoms with Crippen LogP contribution in [0.5, 0.6) is 0 Å². The lowest BCUT2D eigenvalue weighted by Crippen LogP contribution is -2.54. The molecule has 0 fully saturated rings. The highest BCUT2D eigenvalue weighted by molar-refractivity contribution is 4.89. The number of rotatable bonds is 6. The Hall–Kier alpha value is -0.600. The van der Waals surface area contributed by atoms with Gasteiger partial charge < -0.3 is 4.74 Å². The minimum Gasteiger partial charge on any atom is -0.318 e. The van der Waals surface area contributed by atoms with Gasteiger partial charge in [0.2, 0.25) is 0 Å². The second-order valence-electron chi connectivity index (χ2n) is 3.25. The summed E-state index contributed by atoms with van der Waals surface area (Å²) in [4.78, 5) is 0. The first-order valence-corrected chi connectivity index (χ1v) is 4.57. The average molecular weight is 274 g/mol. The van der Waals surface area contributed by atoms with Gasteiger partial charge in [-0.3, -0.25) is 0 Å². The van der Waals surface area contributed by atoms with Crippen LogP contribution < -0.4 is 0 Å². The number of unbranched alkanes of at least 4 members (excludes halogenated alkanes) is 1. The van der Waals surface area contributed by atoms with Gasteiger partial charge in [0, 0.05) is 0 Å². The zero-order chi connectivity index (χ0) is 13.9. The van der Waals surface area contributed by atoms with E-state index in [0.717, 1.165) is 0 Å². The molecule has 1 atom stereocenters. The summed E-state index contributed by atoms with van der Waals surface area (Å²) in [6.07, 6.45) is -16.0. The standard InChI is InChI=1S/C8H10F8O/c1-2-3-4-17-7(12,13)5(9)6(10,11)8(14,15)16/h5H,2-4H2,1H3. The molecule has 0 heterocycles. The predicted octanol–water partition coefficient (Wildman–Crippen LogP) is 3.93. The molecule has 0 amide bonds. The number of halogens is 8. The molecule has 1 unspecified atom stereocenters. The Labute approximate surface area is 91.7 Å². The monoisotopic (exact) mass is 274 g/mol. The zero-order valence-electron chi connectivity index (χ0n) is 8.63. The molecular formula is C8H10F8O. The third-order valence-electron chi connectivity index (χ3n) is 1.78. The van der Waals surface area contributed by atoms with Crippen LogP contribution in [0.25, 0.3) is 0 Å². The second kappa shape index (κ2) is 5.36. The van der Waals surface area contributed by atoms with Crippen LogP contribution in [-0.2, 0) is 4.74 Å². The highest BCUT2D eigenvalue weighted by Gasteiger charge is 2.70. The maximum atomic E-state index is 12.6. The van der Waals surface area contributed by atoms with Crippen molar-refractivity contribution in [1.82, 2.24) is 0 Å². The summed E-state index contributed by atoms with van der Waals surface area (Å²) in [7, 11) is 0. The molecule has 0 saturated carbocycles. The van der Waals surface area contributed by atoms with Crippen LogP contribution >= 0.6 is 0 Å². The summed E-state index contributed by atoms with van der Waals surface area (Å²) in [6.45, 7) is 0.733. The summed E-state index contributed by atoms with van der Waals surface area (Å²) in [5.74, 6) is -6.16. The van der Waals surface area contributed by atoms with Crippen molar-refractivity contribution >= 4 is 0 Å². The van der Waals surface area contributed by atoms with Crippen molar-refractivity contribution in [2.45, 2.75) is 44.1 Å². The highest BCUT2D eigenvalue weighted by Crippen LogP contribution is 2.44. The average Bonchev–Trinajstić information content (AvgIpc) is 2.15. The summed E-state index contributed by atoms with van der Waals surface area (Å²) in [6, 6.07) is 0. The number of ether oxygens (including phenoxy) is 1. The van der Waals surface area contributed by atoms with Gasteiger partial charge in [0.25, 0.3) is 6.17 Å². The number of hydrogen-bond donors (Lipinski definition) is 0. The fraction of sp³-hybridized carbons (Fsp3) is 1.00. The third kappa shape index (κ3) is 3.97. The first-order chi connectivity index (χ1) is 7.47. The molecule has 1 nitrogen and oxygen atoms in total. The molecule has 0 rings (SSSR count). The van der Waals surface area contributed by atoms with E-state index in [2.05, 4.69) is 4.74 Å². The Morgan fingerprint density at radius 3 is 1.82 bits per heavy atom. The van der Waals surface area contributed by atoms with Crippen molar-refractivity contribution in [3.8, 4) is 0 Å². The molecule has 0 saturated heterocycles. The minimum atomic E-state index is -6.40. The highest BCUT2D eigenvalue weighted by atomic mass is 19.4. The normalized spacial score (nSPS) is 16.1. The van der Waals surface area contributed by atoms with Crippen molar-refractivity contribution < 1.29 is 39.9 Å². The lowest BCUT2D eigenvalue weighted by molar-refractivity contribution is -0.370. The molecule has 0 aromatic heterocycles. The smallest absolute Gasteiger partial charge is 0.318 e. The van der Waals surface area contributed by atoms with E-state index >= 15 is 0 Å². The van der Waals surface area contributed by atoms with Gasteiger partial charge in [0.15, 0.2) is 0 Å². The maximum Gasteiger partial charge on any atom is 0.456 e. The Morgan fingerprint density at radius 2 is 1.47 bits per heavy atom. The molecule has 0 aliphatic carbocycles. The predicted molar refractivity (Wildman–Crippen MR) is 41.7 cm³/mol. The van der Waals surface area contributed by atoms with Crippen LogP contribution in [0.15, 0.2) is 0 Å². The van der Waals surface area contributed by atoms with E-state index in [-0.39, 0.29) is 6.42 Å². The molecule has 0 aromatic carbocycles. The molecule has 0 aliphatic rings. The van der Waals surface area contributed by atoms with Gasteiger partial charge in [-0.05, 0) is 6.42 Å². The Bertz CT molecular complexity index is 236. The van der Waals surface area contributed by atoms with Crippen LogP contribution in [-0.4, -0.2) is 31.0 Å². The fourth-order valence-corrected chi connectivity index (χ4v) is 0.780. The summed E-state index contributed by atoms with van der Waals surface area (Å²) in [5, 5.41) is 0. The molecular weight excluding hydrogens is 264 g/mol. The number of alkyl halides is 8. The van der Waals surface area contributed by atoms with Crippen molar-refractivity contribution in [2.24, 2.45) is 0 Å². The van der Waals surface area contributed by atoms with E-state index in [1.54, 1.807) is 6.92 Å². The lowest BCUT2D eigenvalue weighted by atomic mass is 10.2. The molecule has 0 bridgehead atoms. The van der Waals surface area contributed by atoms with Gasteiger partial charge in [-0.15, -0.1) is 0 Å². The lowest BCUT2D eigenvalue weighted by Gasteiger charge is -2.28. The van der Waals surface area contributed by atoms with E-state index < -0.39 is 31.0 Å². The summed E-state index contributed by atoms with van der Waals surface area (Å²) >= 11 is 0. The van der Waals surface area contributed by atoms with Crippen molar-refractivity contribution in [1.29, 1.82) is 0 Å². The molecule has 0 N–H and O–H groups in total. The van der Waals surface area contributed by atoms with Crippen LogP contribution in [0.4, 0.5) is 35.1 Å². The van der Waals surface area contributed by atoms with E-state index in [4.69, 9.17) is 0 Å². The van der Waals surface area contributed by atoms with Crippen LogP contribution in [0.3, 0.4) is 0 Å². The molecule has 0 aromatic rings. The van der Waals surface area contributed by atoms with Crippen molar-refractivity contribution in [2.75, 3.05) is 6.61 Å². The molecule has 0 aliphatic heterocycles. The van der Waals surface area contributed by atoms with Crippen LogP contribution in [0.2, 0.25) is 0 Å². The van der Waals surface area contributed by atoms with Crippen molar-refractivity contribution in [3.05, 3.63) is 0 Å². The SMILES string of the molecule is CCCCOC(F)(F)C(F)C(F)(F)C(F)(F)F.